The predicted octanol–water partition coefficient (Wildman–Crippen LogP) is 3.60. The minimum absolute atomic E-state index is 0. The number of halogens is 1. The highest BCUT2D eigenvalue weighted by Crippen LogP contribution is 2.46. The predicted molar refractivity (Wildman–Crippen MR) is 99.4 cm³/mol. The van der Waals surface area contributed by atoms with Crippen LogP contribution in [0.2, 0.25) is 0 Å². The average molecular weight is 407 g/mol. The van der Waals surface area contributed by atoms with Gasteiger partial charge in [-0.15, -0.1) is 24.0 Å². The Kier molecular flexibility index (Phi) is 5.89. The van der Waals surface area contributed by atoms with E-state index in [1.807, 2.05) is 7.05 Å². The highest BCUT2D eigenvalue weighted by molar-refractivity contribution is 14.0. The van der Waals surface area contributed by atoms with E-state index in [0.29, 0.717) is 5.41 Å². The molecule has 0 aliphatic carbocycles. The number of hydrogen-bond acceptors (Lipinski definition) is 2. The second-order valence-corrected chi connectivity index (χ2v) is 7.16. The Hall–Kier alpha value is -0.300. The molecule has 114 valence electrons. The molecule has 5 heteroatoms. The van der Waals surface area contributed by atoms with Crippen LogP contribution in [0.15, 0.2) is 21.8 Å². The molecule has 1 aromatic heterocycles. The molecule has 1 fully saturated rings. The van der Waals surface area contributed by atoms with Crippen molar-refractivity contribution in [1.82, 2.24) is 10.2 Å². The summed E-state index contributed by atoms with van der Waals surface area (Å²) in [5, 5.41) is 7.82. The van der Waals surface area contributed by atoms with Crippen molar-refractivity contribution < 1.29 is 0 Å². The van der Waals surface area contributed by atoms with Crippen molar-refractivity contribution in [1.29, 1.82) is 0 Å². The van der Waals surface area contributed by atoms with Crippen LogP contribution >= 0.6 is 35.3 Å². The lowest BCUT2D eigenvalue weighted by Gasteiger charge is -2.62. The zero-order valence-electron chi connectivity index (χ0n) is 13.1. The van der Waals surface area contributed by atoms with Crippen molar-refractivity contribution in [3.63, 3.8) is 0 Å². The third-order valence-corrected chi connectivity index (χ3v) is 5.36. The van der Waals surface area contributed by atoms with E-state index in [2.05, 4.69) is 59.7 Å². The maximum Gasteiger partial charge on any atom is 0.194 e. The molecule has 1 aliphatic rings. The lowest BCUT2D eigenvalue weighted by atomic mass is 9.65. The minimum Gasteiger partial charge on any atom is -0.356 e. The molecule has 0 unspecified atom stereocenters. The van der Waals surface area contributed by atoms with E-state index in [-0.39, 0.29) is 29.5 Å². The van der Waals surface area contributed by atoms with Crippen LogP contribution in [-0.2, 0) is 6.42 Å². The van der Waals surface area contributed by atoms with Gasteiger partial charge in [0.1, 0.15) is 0 Å². The third-order valence-electron chi connectivity index (χ3n) is 4.63. The summed E-state index contributed by atoms with van der Waals surface area (Å²) in [7, 11) is 1.87. The largest absolute Gasteiger partial charge is 0.356 e. The molecule has 1 saturated heterocycles. The Morgan fingerprint density at radius 1 is 1.40 bits per heavy atom. The molecule has 3 nitrogen and oxygen atoms in total. The molecule has 1 aliphatic heterocycles. The zero-order valence-corrected chi connectivity index (χ0v) is 16.2. The Morgan fingerprint density at radius 3 is 2.55 bits per heavy atom. The third kappa shape index (κ3) is 3.30. The van der Waals surface area contributed by atoms with Crippen molar-refractivity contribution in [2.45, 2.75) is 39.7 Å². The van der Waals surface area contributed by atoms with Crippen LogP contribution in [0.4, 0.5) is 0 Å². The van der Waals surface area contributed by atoms with Crippen molar-refractivity contribution in [3.05, 3.63) is 22.4 Å². The summed E-state index contributed by atoms with van der Waals surface area (Å²) in [5.74, 6) is 1.03. The first kappa shape index (κ1) is 17.8. The molecule has 0 aromatic carbocycles. The molecule has 2 heterocycles. The molecular formula is C15H26IN3S. The van der Waals surface area contributed by atoms with Gasteiger partial charge in [-0.05, 0) is 42.7 Å². The number of nitrogens with one attached hydrogen (secondary N) is 1. The molecule has 1 aromatic rings. The number of likely N-dealkylation sites (tertiary alicyclic amines) is 1. The molecule has 2 rings (SSSR count). The number of nitrogens with zero attached hydrogens (tertiary/aromatic N) is 2. The maximum atomic E-state index is 4.42. The molecule has 0 amide bonds. The second-order valence-electron chi connectivity index (χ2n) is 6.38. The molecule has 20 heavy (non-hydrogen) atoms. The van der Waals surface area contributed by atoms with E-state index in [0.717, 1.165) is 25.5 Å². The smallest absolute Gasteiger partial charge is 0.194 e. The van der Waals surface area contributed by atoms with Crippen molar-refractivity contribution in [2.24, 2.45) is 10.4 Å². The standard InChI is InChI=1S/C15H25N3S.HI/c1-14(2)11-18(15(14,3)4)13(16-5)17-8-6-12-7-9-19-10-12;/h7,9-10H,6,8,11H2,1-5H3,(H,16,17);1H. The first-order chi connectivity index (χ1) is 8.88. The van der Waals surface area contributed by atoms with Gasteiger partial charge in [-0.25, -0.2) is 0 Å². The Morgan fingerprint density at radius 2 is 2.10 bits per heavy atom. The van der Waals surface area contributed by atoms with Crippen molar-refractivity contribution in [2.75, 3.05) is 20.1 Å². The number of rotatable bonds is 3. The van der Waals surface area contributed by atoms with Crippen LogP contribution in [0, 0.1) is 5.41 Å². The molecule has 0 bridgehead atoms. The van der Waals surface area contributed by atoms with Gasteiger partial charge >= 0.3 is 0 Å². The van der Waals surface area contributed by atoms with Gasteiger partial charge in [-0.3, -0.25) is 4.99 Å². The summed E-state index contributed by atoms with van der Waals surface area (Å²) in [6.07, 6.45) is 1.06. The summed E-state index contributed by atoms with van der Waals surface area (Å²) >= 11 is 1.76. The fourth-order valence-corrected chi connectivity index (χ4v) is 3.15. The second kappa shape index (κ2) is 6.64. The van der Waals surface area contributed by atoms with Crippen LogP contribution in [0.3, 0.4) is 0 Å². The summed E-state index contributed by atoms with van der Waals surface area (Å²) < 4.78 is 0. The average Bonchev–Trinajstić information content (AvgIpc) is 2.85. The van der Waals surface area contributed by atoms with E-state index < -0.39 is 0 Å². The topological polar surface area (TPSA) is 27.6 Å². The van der Waals surface area contributed by atoms with E-state index in [1.54, 1.807) is 11.3 Å². The highest BCUT2D eigenvalue weighted by Gasteiger charge is 2.53. The number of guanidine groups is 1. The van der Waals surface area contributed by atoms with Crippen molar-refractivity contribution >= 4 is 41.3 Å². The van der Waals surface area contributed by atoms with Gasteiger partial charge in [0.25, 0.3) is 0 Å². The SMILES string of the molecule is CN=C(NCCc1ccsc1)N1CC(C)(C)C1(C)C.I. The molecule has 1 N–H and O–H groups in total. The molecular weight excluding hydrogens is 381 g/mol. The molecule has 0 atom stereocenters. The molecule has 0 spiro atoms. The number of hydrogen-bond donors (Lipinski definition) is 1. The van der Waals surface area contributed by atoms with Gasteiger partial charge in [0.05, 0.1) is 0 Å². The van der Waals surface area contributed by atoms with E-state index >= 15 is 0 Å². The Bertz CT molecular complexity index is 452. The van der Waals surface area contributed by atoms with E-state index in [9.17, 15) is 0 Å². The summed E-state index contributed by atoms with van der Waals surface area (Å²) in [6, 6.07) is 2.19. The van der Waals surface area contributed by atoms with Gasteiger partial charge in [0.2, 0.25) is 0 Å². The van der Waals surface area contributed by atoms with Gasteiger partial charge in [-0.2, -0.15) is 11.3 Å². The minimum atomic E-state index is 0. The van der Waals surface area contributed by atoms with Gasteiger partial charge in [0, 0.05) is 31.1 Å². The first-order valence-corrected chi connectivity index (χ1v) is 7.82. The normalized spacial score (nSPS) is 20.1. The van der Waals surface area contributed by atoms with Crippen LogP contribution in [-0.4, -0.2) is 36.5 Å². The van der Waals surface area contributed by atoms with Crippen molar-refractivity contribution in [3.8, 4) is 0 Å². The van der Waals surface area contributed by atoms with Crippen LogP contribution < -0.4 is 5.32 Å². The van der Waals surface area contributed by atoms with Gasteiger partial charge < -0.3 is 10.2 Å². The summed E-state index contributed by atoms with van der Waals surface area (Å²) in [6.45, 7) is 11.2. The van der Waals surface area contributed by atoms with E-state index in [1.165, 1.54) is 5.56 Å². The summed E-state index contributed by atoms with van der Waals surface area (Å²) in [4.78, 5) is 6.80. The van der Waals surface area contributed by atoms with Gasteiger partial charge in [0.15, 0.2) is 5.96 Å². The zero-order chi connectivity index (χ0) is 14.1. The van der Waals surface area contributed by atoms with Crippen LogP contribution in [0.25, 0.3) is 0 Å². The lowest BCUT2D eigenvalue weighted by Crippen LogP contribution is -2.72. The Balaban J connectivity index is 0.00000200. The molecule has 0 radical (unpaired) electrons. The Labute approximate surface area is 143 Å². The number of thiophene rings is 1. The lowest BCUT2D eigenvalue weighted by molar-refractivity contribution is -0.0666. The van der Waals surface area contributed by atoms with Crippen LogP contribution in [0.5, 0.6) is 0 Å². The maximum absolute atomic E-state index is 4.42. The van der Waals surface area contributed by atoms with Crippen LogP contribution in [0.1, 0.15) is 33.3 Å². The monoisotopic (exact) mass is 407 g/mol. The summed E-state index contributed by atoms with van der Waals surface area (Å²) in [5.41, 5.74) is 1.91. The van der Waals surface area contributed by atoms with Gasteiger partial charge in [-0.1, -0.05) is 13.8 Å². The molecule has 0 saturated carbocycles. The number of aliphatic imine (C=N–C) groups is 1. The van der Waals surface area contributed by atoms with E-state index in [4.69, 9.17) is 0 Å². The fourth-order valence-electron chi connectivity index (χ4n) is 2.45. The first-order valence-electron chi connectivity index (χ1n) is 6.88. The quantitative estimate of drug-likeness (QED) is 0.471. The highest BCUT2D eigenvalue weighted by atomic mass is 127. The fraction of sp³-hybridized carbons (Fsp3) is 0.667.